The van der Waals surface area contributed by atoms with Gasteiger partial charge in [-0.1, -0.05) is 12.1 Å². The highest BCUT2D eigenvalue weighted by Gasteiger charge is 2.03. The van der Waals surface area contributed by atoms with Gasteiger partial charge in [-0.15, -0.1) is 24.0 Å². The van der Waals surface area contributed by atoms with E-state index in [9.17, 15) is 0 Å². The Kier molecular flexibility index (Phi) is 13.7. The fraction of sp³-hybridized carbons (Fsp3) is 0.611. The van der Waals surface area contributed by atoms with Crippen LogP contribution < -0.4 is 15.4 Å². The van der Waals surface area contributed by atoms with E-state index < -0.39 is 0 Å². The van der Waals surface area contributed by atoms with Crippen LogP contribution >= 0.6 is 24.0 Å². The highest BCUT2D eigenvalue weighted by atomic mass is 127. The number of benzene rings is 1. The lowest BCUT2D eigenvalue weighted by atomic mass is 10.1. The predicted octanol–water partition coefficient (Wildman–Crippen LogP) is 3.49. The zero-order valence-corrected chi connectivity index (χ0v) is 17.7. The van der Waals surface area contributed by atoms with Gasteiger partial charge in [0, 0.05) is 32.4 Å². The van der Waals surface area contributed by atoms with Crippen LogP contribution in [0.4, 0.5) is 0 Å². The monoisotopic (exact) mass is 449 g/mol. The molecule has 0 aromatic heterocycles. The van der Waals surface area contributed by atoms with Gasteiger partial charge < -0.3 is 20.1 Å². The minimum Gasteiger partial charge on any atom is -0.496 e. The van der Waals surface area contributed by atoms with Crippen molar-refractivity contribution in [2.75, 3.05) is 33.9 Å². The lowest BCUT2D eigenvalue weighted by Crippen LogP contribution is -2.37. The van der Waals surface area contributed by atoms with Crippen molar-refractivity contribution in [3.8, 4) is 5.75 Å². The summed E-state index contributed by atoms with van der Waals surface area (Å²) in [6.45, 7) is 7.33. The van der Waals surface area contributed by atoms with Crippen molar-refractivity contribution < 1.29 is 9.47 Å². The quantitative estimate of drug-likeness (QED) is 0.249. The number of hydrogen-bond donors (Lipinski definition) is 2. The topological polar surface area (TPSA) is 54.9 Å². The van der Waals surface area contributed by atoms with Gasteiger partial charge in [0.1, 0.15) is 5.75 Å². The highest BCUT2D eigenvalue weighted by Crippen LogP contribution is 2.20. The Morgan fingerprint density at radius 3 is 2.58 bits per heavy atom. The average molecular weight is 449 g/mol. The molecule has 24 heavy (non-hydrogen) atoms. The molecule has 0 saturated heterocycles. The molecule has 0 fully saturated rings. The van der Waals surface area contributed by atoms with Crippen LogP contribution in [0, 0.1) is 6.92 Å². The zero-order chi connectivity index (χ0) is 16.9. The third-order valence-electron chi connectivity index (χ3n) is 3.51. The van der Waals surface area contributed by atoms with Crippen molar-refractivity contribution >= 4 is 29.9 Å². The number of nitrogens with one attached hydrogen (secondary N) is 2. The number of hydrogen-bond acceptors (Lipinski definition) is 3. The van der Waals surface area contributed by atoms with Gasteiger partial charge in [-0.3, -0.25) is 0 Å². The predicted molar refractivity (Wildman–Crippen MR) is 112 cm³/mol. The van der Waals surface area contributed by atoms with E-state index in [-0.39, 0.29) is 24.0 Å². The molecule has 0 aliphatic rings. The maximum Gasteiger partial charge on any atom is 0.191 e. The molecule has 0 aliphatic carbocycles. The largest absolute Gasteiger partial charge is 0.496 e. The van der Waals surface area contributed by atoms with Crippen molar-refractivity contribution in [3.63, 3.8) is 0 Å². The molecule has 1 aromatic carbocycles. The van der Waals surface area contributed by atoms with Crippen LogP contribution in [0.25, 0.3) is 0 Å². The zero-order valence-electron chi connectivity index (χ0n) is 15.4. The average Bonchev–Trinajstić information content (AvgIpc) is 2.56. The molecule has 0 radical (unpaired) electrons. The van der Waals surface area contributed by atoms with Gasteiger partial charge in [-0.05, 0) is 44.7 Å². The molecule has 1 aromatic rings. The Labute approximate surface area is 163 Å². The van der Waals surface area contributed by atoms with Crippen molar-refractivity contribution in [2.24, 2.45) is 4.99 Å². The molecule has 0 heterocycles. The summed E-state index contributed by atoms with van der Waals surface area (Å²) in [6, 6.07) is 6.20. The molecule has 0 bridgehead atoms. The van der Waals surface area contributed by atoms with Crippen molar-refractivity contribution in [1.82, 2.24) is 10.6 Å². The summed E-state index contributed by atoms with van der Waals surface area (Å²) in [5, 5.41) is 6.65. The van der Waals surface area contributed by atoms with Crippen molar-refractivity contribution in [1.29, 1.82) is 0 Å². The maximum absolute atomic E-state index is 5.43. The Balaban J connectivity index is 0.00000529. The van der Waals surface area contributed by atoms with Crippen LogP contribution in [0.15, 0.2) is 23.2 Å². The van der Waals surface area contributed by atoms with Gasteiger partial charge in [0.2, 0.25) is 0 Å². The summed E-state index contributed by atoms with van der Waals surface area (Å²) in [6.07, 6.45) is 3.38. The Morgan fingerprint density at radius 2 is 1.92 bits per heavy atom. The number of guanidine groups is 1. The number of unbranched alkanes of at least 4 members (excludes halogenated alkanes) is 2. The molecule has 1 rings (SSSR count). The molecule has 0 spiro atoms. The van der Waals surface area contributed by atoms with Crippen LogP contribution in [0.2, 0.25) is 0 Å². The standard InChI is InChI=1S/C18H31N3O2.HI/c1-5-19-18(20-11-7-6-8-12-22-3)21-14-16-10-9-15(2)13-17(16)23-4;/h9-10,13H,5-8,11-12,14H2,1-4H3,(H2,19,20,21);1H. The third-order valence-corrected chi connectivity index (χ3v) is 3.51. The molecule has 6 heteroatoms. The molecule has 0 saturated carbocycles. The van der Waals surface area contributed by atoms with Crippen LogP contribution in [-0.2, 0) is 11.3 Å². The number of ether oxygens (including phenoxy) is 2. The molecule has 138 valence electrons. The molecule has 0 aliphatic heterocycles. The van der Waals surface area contributed by atoms with Gasteiger partial charge >= 0.3 is 0 Å². The third kappa shape index (κ3) is 9.32. The first-order valence-electron chi connectivity index (χ1n) is 8.35. The molecule has 0 amide bonds. The summed E-state index contributed by atoms with van der Waals surface area (Å²) in [4.78, 5) is 4.65. The van der Waals surface area contributed by atoms with E-state index in [1.165, 1.54) is 5.56 Å². The number of methoxy groups -OCH3 is 2. The van der Waals surface area contributed by atoms with E-state index >= 15 is 0 Å². The summed E-state index contributed by atoms with van der Waals surface area (Å²) < 4.78 is 10.5. The summed E-state index contributed by atoms with van der Waals surface area (Å²) in [5.74, 6) is 1.74. The number of nitrogens with zero attached hydrogens (tertiary/aromatic N) is 1. The minimum absolute atomic E-state index is 0. The van der Waals surface area contributed by atoms with Crippen LogP contribution in [-0.4, -0.2) is 39.9 Å². The Morgan fingerprint density at radius 1 is 1.12 bits per heavy atom. The van der Waals surface area contributed by atoms with E-state index in [1.54, 1.807) is 14.2 Å². The second kappa shape index (κ2) is 14.3. The number of rotatable bonds is 10. The second-order valence-corrected chi connectivity index (χ2v) is 5.49. The SMILES string of the molecule is CCNC(=NCc1ccc(C)cc1OC)NCCCCCOC.I. The van der Waals surface area contributed by atoms with Gasteiger partial charge in [0.15, 0.2) is 5.96 Å². The number of halogens is 1. The summed E-state index contributed by atoms with van der Waals surface area (Å²) in [5.41, 5.74) is 2.28. The lowest BCUT2D eigenvalue weighted by molar-refractivity contribution is 0.192. The van der Waals surface area contributed by atoms with Gasteiger partial charge in [0.25, 0.3) is 0 Å². The summed E-state index contributed by atoms with van der Waals surface area (Å²) >= 11 is 0. The molecule has 2 N–H and O–H groups in total. The Bertz CT molecular complexity index is 481. The van der Waals surface area contributed by atoms with Gasteiger partial charge in [-0.25, -0.2) is 4.99 Å². The minimum atomic E-state index is 0. The summed E-state index contributed by atoms with van der Waals surface area (Å²) in [7, 11) is 3.44. The highest BCUT2D eigenvalue weighted by molar-refractivity contribution is 14.0. The number of aliphatic imine (C=N–C) groups is 1. The smallest absolute Gasteiger partial charge is 0.191 e. The van der Waals surface area contributed by atoms with E-state index in [2.05, 4.69) is 41.6 Å². The van der Waals surface area contributed by atoms with Crippen LogP contribution in [0.3, 0.4) is 0 Å². The normalized spacial score (nSPS) is 10.9. The fourth-order valence-electron chi connectivity index (χ4n) is 2.24. The van der Waals surface area contributed by atoms with E-state index in [0.717, 1.165) is 56.2 Å². The van der Waals surface area contributed by atoms with Crippen molar-refractivity contribution in [2.45, 2.75) is 39.7 Å². The molecular formula is C18H32IN3O2. The van der Waals surface area contributed by atoms with E-state index in [0.29, 0.717) is 6.54 Å². The molecule has 0 unspecified atom stereocenters. The second-order valence-electron chi connectivity index (χ2n) is 5.49. The molecule has 0 atom stereocenters. The first-order valence-corrected chi connectivity index (χ1v) is 8.35. The Hall–Kier alpha value is -1.02. The van der Waals surface area contributed by atoms with Crippen LogP contribution in [0.5, 0.6) is 5.75 Å². The molecule has 5 nitrogen and oxygen atoms in total. The first-order chi connectivity index (χ1) is 11.2. The van der Waals surface area contributed by atoms with Gasteiger partial charge in [-0.2, -0.15) is 0 Å². The van der Waals surface area contributed by atoms with E-state index in [4.69, 9.17) is 9.47 Å². The van der Waals surface area contributed by atoms with E-state index in [1.807, 2.05) is 6.07 Å². The van der Waals surface area contributed by atoms with Gasteiger partial charge in [0.05, 0.1) is 13.7 Å². The lowest BCUT2D eigenvalue weighted by Gasteiger charge is -2.12. The number of aryl methyl sites for hydroxylation is 1. The maximum atomic E-state index is 5.43. The first kappa shape index (κ1) is 23.0. The van der Waals surface area contributed by atoms with Crippen molar-refractivity contribution in [3.05, 3.63) is 29.3 Å². The molecular weight excluding hydrogens is 417 g/mol. The fourth-order valence-corrected chi connectivity index (χ4v) is 2.24. The van der Waals surface area contributed by atoms with Crippen LogP contribution in [0.1, 0.15) is 37.3 Å².